The summed E-state index contributed by atoms with van der Waals surface area (Å²) >= 11 is 1.00. The van der Waals surface area contributed by atoms with Crippen molar-refractivity contribution in [2.75, 3.05) is 5.75 Å². The van der Waals surface area contributed by atoms with Crippen molar-refractivity contribution < 1.29 is 19.4 Å². The number of carbonyl (C=O) groups excluding carboxylic acids is 1. The zero-order valence-corrected chi connectivity index (χ0v) is 24.2. The number of aliphatic carboxylic acids is 1. The molecule has 0 heterocycles. The summed E-state index contributed by atoms with van der Waals surface area (Å²) < 4.78 is 5.77. The van der Waals surface area contributed by atoms with Crippen molar-refractivity contribution in [3.63, 3.8) is 0 Å². The predicted octanol–water partition coefficient (Wildman–Crippen LogP) is 8.74. The Bertz CT molecular complexity index is 836. The molecule has 0 amide bonds. The molecule has 4 rings (SSSR count). The van der Waals surface area contributed by atoms with Gasteiger partial charge in [0.25, 0.3) is 0 Å². The summed E-state index contributed by atoms with van der Waals surface area (Å²) in [6.07, 6.45) is 16.3. The van der Waals surface area contributed by atoms with Crippen LogP contribution in [0.3, 0.4) is 0 Å². The van der Waals surface area contributed by atoms with Gasteiger partial charge in [-0.25, -0.2) is 4.79 Å². The van der Waals surface area contributed by atoms with E-state index in [0.717, 1.165) is 66.5 Å². The van der Waals surface area contributed by atoms with Crippen molar-refractivity contribution in [3.05, 3.63) is 11.6 Å². The van der Waals surface area contributed by atoms with E-state index in [1.54, 1.807) is 0 Å². The molecule has 0 spiro atoms. The van der Waals surface area contributed by atoms with Crippen LogP contribution in [0, 0.1) is 46.3 Å². The number of carbonyl (C=O) groups is 2. The number of hydrogen-bond donors (Lipinski definition) is 1. The number of rotatable bonds is 9. The van der Waals surface area contributed by atoms with E-state index in [1.807, 2.05) is 0 Å². The van der Waals surface area contributed by atoms with Crippen LogP contribution in [0.25, 0.3) is 0 Å². The van der Waals surface area contributed by atoms with Gasteiger partial charge in [-0.3, -0.25) is 4.79 Å². The number of hydrogen-bond acceptors (Lipinski definition) is 4. The van der Waals surface area contributed by atoms with E-state index in [4.69, 9.17) is 9.84 Å². The number of thioether (sulfide) groups is 1. The lowest BCUT2D eigenvalue weighted by Crippen LogP contribution is -2.51. The fourth-order valence-electron chi connectivity index (χ4n) is 9.14. The first-order chi connectivity index (χ1) is 17.0. The molecule has 36 heavy (non-hydrogen) atoms. The van der Waals surface area contributed by atoms with Gasteiger partial charge in [-0.05, 0) is 103 Å². The van der Waals surface area contributed by atoms with Crippen LogP contribution in [-0.4, -0.2) is 28.2 Å². The van der Waals surface area contributed by atoms with Crippen molar-refractivity contribution in [2.24, 2.45) is 46.3 Å². The molecule has 3 fully saturated rings. The third kappa shape index (κ3) is 5.71. The van der Waals surface area contributed by atoms with Crippen LogP contribution < -0.4 is 0 Å². The molecule has 8 atom stereocenters. The second kappa shape index (κ2) is 11.4. The van der Waals surface area contributed by atoms with E-state index in [-0.39, 0.29) is 29.0 Å². The molecule has 0 aliphatic heterocycles. The third-order valence-corrected chi connectivity index (χ3v) is 11.8. The fourth-order valence-corrected chi connectivity index (χ4v) is 9.79. The fraction of sp³-hybridized carbons (Fsp3) is 0.871. The highest BCUT2D eigenvalue weighted by Crippen LogP contribution is 2.67. The molecular formula is C31H50O4S. The van der Waals surface area contributed by atoms with Gasteiger partial charge in [0.05, 0.1) is 6.42 Å². The van der Waals surface area contributed by atoms with E-state index in [1.165, 1.54) is 56.9 Å². The molecule has 0 aromatic rings. The van der Waals surface area contributed by atoms with Crippen molar-refractivity contribution in [2.45, 2.75) is 118 Å². The van der Waals surface area contributed by atoms with Gasteiger partial charge >= 0.3 is 11.3 Å². The Labute approximate surface area is 223 Å². The Morgan fingerprint density at radius 1 is 1.08 bits per heavy atom. The van der Waals surface area contributed by atoms with Crippen LogP contribution in [0.15, 0.2) is 11.6 Å². The van der Waals surface area contributed by atoms with Crippen molar-refractivity contribution >= 4 is 23.0 Å². The highest BCUT2D eigenvalue weighted by Gasteiger charge is 2.59. The first-order valence-electron chi connectivity index (χ1n) is 14.8. The standard InChI is InChI=1S/C31H50O4S/c1-20(2)7-6-8-21(3)25-11-12-26-24-10-9-22-19-23(35-29(34)36-18-15-28(32)33)13-16-30(22,4)27(24)14-17-31(25,26)5/h9,20-21,23-27H,6-8,10-19H2,1-5H3,(H,32,33)/t21-,23?,24?,25-,26?,27?,30+,31-/m0/s1. The Morgan fingerprint density at radius 3 is 2.58 bits per heavy atom. The topological polar surface area (TPSA) is 63.6 Å². The number of ether oxygens (including phenoxy) is 1. The van der Waals surface area contributed by atoms with Crippen LogP contribution in [-0.2, 0) is 9.53 Å². The maximum Gasteiger partial charge on any atom is 0.367 e. The minimum absolute atomic E-state index is 0.00556. The lowest BCUT2D eigenvalue weighted by molar-refractivity contribution is -0.136. The number of fused-ring (bicyclic) bond motifs is 5. The number of allylic oxidation sites excluding steroid dienone is 1. The molecule has 5 heteroatoms. The molecule has 4 aliphatic carbocycles. The molecule has 1 N–H and O–H groups in total. The molecule has 0 aromatic heterocycles. The van der Waals surface area contributed by atoms with E-state index in [2.05, 4.69) is 40.7 Å². The monoisotopic (exact) mass is 518 g/mol. The number of carboxylic acid groups (broad SMARTS) is 1. The van der Waals surface area contributed by atoms with Crippen molar-refractivity contribution in [1.29, 1.82) is 0 Å². The van der Waals surface area contributed by atoms with Gasteiger partial charge in [0.1, 0.15) is 6.10 Å². The predicted molar refractivity (Wildman–Crippen MR) is 148 cm³/mol. The summed E-state index contributed by atoms with van der Waals surface area (Å²) in [6.45, 7) is 12.4. The van der Waals surface area contributed by atoms with Crippen LogP contribution in [0.2, 0.25) is 0 Å². The van der Waals surface area contributed by atoms with E-state index < -0.39 is 5.97 Å². The quantitative estimate of drug-likeness (QED) is 0.244. The van der Waals surface area contributed by atoms with Crippen LogP contribution in [0.1, 0.15) is 112 Å². The van der Waals surface area contributed by atoms with Crippen molar-refractivity contribution in [3.8, 4) is 0 Å². The normalized spacial score (nSPS) is 38.5. The van der Waals surface area contributed by atoms with Gasteiger partial charge in [-0.1, -0.05) is 65.5 Å². The summed E-state index contributed by atoms with van der Waals surface area (Å²) in [6, 6.07) is 0. The number of carboxylic acids is 1. The van der Waals surface area contributed by atoms with Gasteiger partial charge in [-0.2, -0.15) is 0 Å². The van der Waals surface area contributed by atoms with Gasteiger partial charge in [-0.15, -0.1) is 0 Å². The maximum atomic E-state index is 12.2. The summed E-state index contributed by atoms with van der Waals surface area (Å²) in [4.78, 5) is 22.9. The first-order valence-corrected chi connectivity index (χ1v) is 15.8. The average Bonchev–Trinajstić information content (AvgIpc) is 3.16. The summed E-state index contributed by atoms with van der Waals surface area (Å²) in [5.41, 5.74) is 2.30. The minimum Gasteiger partial charge on any atom is -0.481 e. The summed E-state index contributed by atoms with van der Waals surface area (Å²) in [5, 5.41) is 8.48. The Balaban J connectivity index is 1.38. The van der Waals surface area contributed by atoms with Gasteiger partial charge in [0.2, 0.25) is 0 Å². The Kier molecular flexibility index (Phi) is 8.89. The van der Waals surface area contributed by atoms with Crippen LogP contribution in [0.4, 0.5) is 4.79 Å². The summed E-state index contributed by atoms with van der Waals surface area (Å²) in [7, 11) is 0. The maximum absolute atomic E-state index is 12.2. The molecule has 204 valence electrons. The molecular weight excluding hydrogens is 468 g/mol. The second-order valence-electron chi connectivity index (χ2n) is 13.5. The van der Waals surface area contributed by atoms with E-state index in [0.29, 0.717) is 5.41 Å². The highest BCUT2D eigenvalue weighted by molar-refractivity contribution is 8.13. The van der Waals surface area contributed by atoms with Gasteiger partial charge in [0, 0.05) is 12.2 Å². The van der Waals surface area contributed by atoms with E-state index in [9.17, 15) is 9.59 Å². The van der Waals surface area contributed by atoms with Gasteiger partial charge in [0.15, 0.2) is 0 Å². The molecule has 0 aromatic carbocycles. The Hall–Kier alpha value is -0.970. The average molecular weight is 519 g/mol. The molecule has 0 saturated heterocycles. The molecule has 0 bridgehead atoms. The lowest BCUT2D eigenvalue weighted by atomic mass is 9.47. The third-order valence-electron chi connectivity index (χ3n) is 11.1. The highest BCUT2D eigenvalue weighted by atomic mass is 32.2. The molecule has 0 radical (unpaired) electrons. The second-order valence-corrected chi connectivity index (χ2v) is 14.5. The van der Waals surface area contributed by atoms with Crippen molar-refractivity contribution in [1.82, 2.24) is 0 Å². The summed E-state index contributed by atoms with van der Waals surface area (Å²) in [5.74, 6) is 4.42. The first kappa shape index (κ1) is 28.0. The molecule has 4 aliphatic rings. The SMILES string of the molecule is CC(C)CCC[C@H](C)[C@@H]1CCC2C3CC=C4CC(OC(=O)SCCC(=O)O)CC[C@@]4(C)C3CC[C@]21C. The van der Waals surface area contributed by atoms with Crippen LogP contribution in [0.5, 0.6) is 0 Å². The molecule has 4 unspecified atom stereocenters. The molecule has 4 nitrogen and oxygen atoms in total. The largest absolute Gasteiger partial charge is 0.481 e. The molecule has 3 saturated carbocycles. The van der Waals surface area contributed by atoms with Crippen LogP contribution >= 0.6 is 11.8 Å². The zero-order chi connectivity index (χ0) is 26.1. The smallest absolute Gasteiger partial charge is 0.367 e. The zero-order valence-electron chi connectivity index (χ0n) is 23.4. The minimum atomic E-state index is -0.872. The van der Waals surface area contributed by atoms with E-state index >= 15 is 0 Å². The van der Waals surface area contributed by atoms with Gasteiger partial charge < -0.3 is 9.84 Å². The lowest BCUT2D eigenvalue weighted by Gasteiger charge is -2.58. The Morgan fingerprint density at radius 2 is 1.86 bits per heavy atom.